The molecule has 1 aliphatic rings. The Balaban J connectivity index is 1.85. The average molecular weight is 327 g/mol. The number of aromatic nitrogens is 2. The standard InChI is InChI=1S/C19H25N3O2/c1-13-18(14(2)21(3)20-13)12-22(10-11-23)19(24)17-9-8-15-6-4-5-7-16(15)17/h4-7,17,23H,8-12H2,1-3H3/t17-/m1/s1. The van der Waals surface area contributed by atoms with Gasteiger partial charge < -0.3 is 10.0 Å². The van der Waals surface area contributed by atoms with E-state index in [1.807, 2.05) is 37.7 Å². The first-order chi connectivity index (χ1) is 11.5. The first kappa shape index (κ1) is 16.7. The third kappa shape index (κ3) is 2.96. The van der Waals surface area contributed by atoms with Gasteiger partial charge >= 0.3 is 0 Å². The maximum absolute atomic E-state index is 13.1. The van der Waals surface area contributed by atoms with Gasteiger partial charge in [-0.2, -0.15) is 5.10 Å². The number of amides is 1. The predicted octanol–water partition coefficient (Wildman–Crippen LogP) is 2.09. The van der Waals surface area contributed by atoms with Gasteiger partial charge in [-0.3, -0.25) is 9.48 Å². The zero-order valence-electron chi connectivity index (χ0n) is 14.6. The second kappa shape index (κ2) is 6.77. The summed E-state index contributed by atoms with van der Waals surface area (Å²) in [5.74, 6) is 0.0155. The number of carbonyl (C=O) groups excluding carboxylic acids is 1. The average Bonchev–Trinajstić information content (AvgIpc) is 3.10. The van der Waals surface area contributed by atoms with Gasteiger partial charge in [0.15, 0.2) is 0 Å². The van der Waals surface area contributed by atoms with Gasteiger partial charge in [0.05, 0.1) is 18.2 Å². The zero-order chi connectivity index (χ0) is 17.3. The number of nitrogens with zero attached hydrogens (tertiary/aromatic N) is 3. The summed E-state index contributed by atoms with van der Waals surface area (Å²) in [6, 6.07) is 8.19. The Morgan fingerprint density at radius 1 is 1.38 bits per heavy atom. The number of carbonyl (C=O) groups is 1. The van der Waals surface area contributed by atoms with E-state index < -0.39 is 0 Å². The summed E-state index contributed by atoms with van der Waals surface area (Å²) in [5.41, 5.74) is 5.50. The fourth-order valence-corrected chi connectivity index (χ4v) is 3.66. The van der Waals surface area contributed by atoms with Crippen LogP contribution in [0.4, 0.5) is 0 Å². The fraction of sp³-hybridized carbons (Fsp3) is 0.474. The molecule has 1 aromatic heterocycles. The molecule has 1 aliphatic carbocycles. The Hall–Kier alpha value is -2.14. The number of aliphatic hydroxyl groups is 1. The van der Waals surface area contributed by atoms with E-state index in [1.54, 1.807) is 4.90 Å². The van der Waals surface area contributed by atoms with E-state index in [9.17, 15) is 9.90 Å². The van der Waals surface area contributed by atoms with Crippen molar-refractivity contribution < 1.29 is 9.90 Å². The van der Waals surface area contributed by atoms with Gasteiger partial charge in [-0.15, -0.1) is 0 Å². The van der Waals surface area contributed by atoms with Gasteiger partial charge in [0, 0.05) is 31.4 Å². The van der Waals surface area contributed by atoms with Gasteiger partial charge in [0.2, 0.25) is 5.91 Å². The first-order valence-corrected chi connectivity index (χ1v) is 8.49. The Morgan fingerprint density at radius 2 is 2.12 bits per heavy atom. The van der Waals surface area contributed by atoms with Crippen LogP contribution < -0.4 is 0 Å². The van der Waals surface area contributed by atoms with Crippen LogP contribution in [0.3, 0.4) is 0 Å². The Labute approximate surface area is 142 Å². The molecule has 0 saturated carbocycles. The van der Waals surface area contributed by atoms with E-state index in [0.29, 0.717) is 13.1 Å². The topological polar surface area (TPSA) is 58.4 Å². The molecule has 1 atom stereocenters. The molecule has 2 aromatic rings. The molecule has 5 nitrogen and oxygen atoms in total. The van der Waals surface area contributed by atoms with Crippen LogP contribution in [0, 0.1) is 13.8 Å². The van der Waals surface area contributed by atoms with Crippen LogP contribution in [-0.4, -0.2) is 38.8 Å². The maximum atomic E-state index is 13.1. The SMILES string of the molecule is Cc1nn(C)c(C)c1CN(CCO)C(=O)[C@@H]1CCc2ccccc21. The third-order valence-corrected chi connectivity index (χ3v) is 5.12. The molecule has 3 rings (SSSR count). The Bertz CT molecular complexity index is 751. The molecule has 1 amide bonds. The van der Waals surface area contributed by atoms with Crippen LogP contribution in [-0.2, 0) is 24.8 Å². The minimum atomic E-state index is -0.0926. The van der Waals surface area contributed by atoms with E-state index in [0.717, 1.165) is 35.4 Å². The van der Waals surface area contributed by atoms with Crippen molar-refractivity contribution in [2.75, 3.05) is 13.2 Å². The van der Waals surface area contributed by atoms with Gasteiger partial charge in [-0.1, -0.05) is 24.3 Å². The van der Waals surface area contributed by atoms with Crippen molar-refractivity contribution in [1.29, 1.82) is 0 Å². The molecular formula is C19H25N3O2. The summed E-state index contributed by atoms with van der Waals surface area (Å²) < 4.78 is 1.84. The summed E-state index contributed by atoms with van der Waals surface area (Å²) in [4.78, 5) is 14.9. The van der Waals surface area contributed by atoms with Crippen LogP contribution in [0.2, 0.25) is 0 Å². The summed E-state index contributed by atoms with van der Waals surface area (Å²) in [5, 5.41) is 13.9. The smallest absolute Gasteiger partial charge is 0.230 e. The summed E-state index contributed by atoms with van der Waals surface area (Å²) in [6.07, 6.45) is 1.80. The lowest BCUT2D eigenvalue weighted by Crippen LogP contribution is -2.36. The zero-order valence-corrected chi connectivity index (χ0v) is 14.6. The summed E-state index contributed by atoms with van der Waals surface area (Å²) >= 11 is 0. The molecule has 0 bridgehead atoms. The quantitative estimate of drug-likeness (QED) is 0.915. The Kier molecular flexibility index (Phi) is 4.71. The number of hydrogen-bond donors (Lipinski definition) is 1. The minimum Gasteiger partial charge on any atom is -0.395 e. The van der Waals surface area contributed by atoms with Crippen molar-refractivity contribution in [3.63, 3.8) is 0 Å². The van der Waals surface area contributed by atoms with Crippen molar-refractivity contribution in [1.82, 2.24) is 14.7 Å². The molecule has 24 heavy (non-hydrogen) atoms. The van der Waals surface area contributed by atoms with Crippen molar-refractivity contribution >= 4 is 5.91 Å². The lowest BCUT2D eigenvalue weighted by molar-refractivity contribution is -0.134. The summed E-state index contributed by atoms with van der Waals surface area (Å²) in [6.45, 7) is 4.81. The number of aryl methyl sites for hydroxylation is 3. The van der Waals surface area contributed by atoms with E-state index in [4.69, 9.17) is 0 Å². The van der Waals surface area contributed by atoms with E-state index in [1.165, 1.54) is 5.56 Å². The largest absolute Gasteiger partial charge is 0.395 e. The fourth-order valence-electron chi connectivity index (χ4n) is 3.66. The molecule has 0 saturated heterocycles. The second-order valence-electron chi connectivity index (χ2n) is 6.55. The highest BCUT2D eigenvalue weighted by atomic mass is 16.3. The minimum absolute atomic E-state index is 0.0293. The highest BCUT2D eigenvalue weighted by molar-refractivity contribution is 5.85. The van der Waals surface area contributed by atoms with Gasteiger partial charge in [-0.25, -0.2) is 0 Å². The van der Waals surface area contributed by atoms with Gasteiger partial charge in [0.1, 0.15) is 0 Å². The van der Waals surface area contributed by atoms with E-state index in [2.05, 4.69) is 17.2 Å². The maximum Gasteiger partial charge on any atom is 0.230 e. The van der Waals surface area contributed by atoms with E-state index >= 15 is 0 Å². The molecule has 0 unspecified atom stereocenters. The first-order valence-electron chi connectivity index (χ1n) is 8.49. The summed E-state index contributed by atoms with van der Waals surface area (Å²) in [7, 11) is 1.91. The molecule has 0 aliphatic heterocycles. The lowest BCUT2D eigenvalue weighted by atomic mass is 9.99. The highest BCUT2D eigenvalue weighted by Crippen LogP contribution is 2.34. The van der Waals surface area contributed by atoms with Crippen LogP contribution >= 0.6 is 0 Å². The number of fused-ring (bicyclic) bond motifs is 1. The van der Waals surface area contributed by atoms with Crippen LogP contribution in [0.1, 0.15) is 40.4 Å². The number of aliphatic hydroxyl groups excluding tert-OH is 1. The lowest BCUT2D eigenvalue weighted by Gasteiger charge is -2.25. The van der Waals surface area contributed by atoms with Crippen LogP contribution in [0.25, 0.3) is 0 Å². The Morgan fingerprint density at radius 3 is 2.79 bits per heavy atom. The third-order valence-electron chi connectivity index (χ3n) is 5.12. The molecule has 5 heteroatoms. The number of hydrogen-bond acceptors (Lipinski definition) is 3. The van der Waals surface area contributed by atoms with Crippen molar-refractivity contribution in [2.24, 2.45) is 7.05 Å². The molecule has 1 aromatic carbocycles. The van der Waals surface area contributed by atoms with Crippen molar-refractivity contribution in [3.8, 4) is 0 Å². The molecule has 128 valence electrons. The van der Waals surface area contributed by atoms with Gasteiger partial charge in [0.25, 0.3) is 0 Å². The molecule has 1 heterocycles. The highest BCUT2D eigenvalue weighted by Gasteiger charge is 2.32. The second-order valence-corrected chi connectivity index (χ2v) is 6.55. The number of benzene rings is 1. The van der Waals surface area contributed by atoms with Crippen LogP contribution in [0.5, 0.6) is 0 Å². The molecule has 0 spiro atoms. The molecule has 1 N–H and O–H groups in total. The van der Waals surface area contributed by atoms with Crippen molar-refractivity contribution in [2.45, 2.75) is 39.2 Å². The normalized spacial score (nSPS) is 16.2. The van der Waals surface area contributed by atoms with Crippen molar-refractivity contribution in [3.05, 3.63) is 52.3 Å². The monoisotopic (exact) mass is 327 g/mol. The predicted molar refractivity (Wildman–Crippen MR) is 92.7 cm³/mol. The van der Waals surface area contributed by atoms with Crippen LogP contribution in [0.15, 0.2) is 24.3 Å². The molecule has 0 fully saturated rings. The number of rotatable bonds is 5. The molecule has 0 radical (unpaired) electrons. The van der Waals surface area contributed by atoms with Gasteiger partial charge in [-0.05, 0) is 37.8 Å². The molecular weight excluding hydrogens is 302 g/mol. The van der Waals surface area contributed by atoms with E-state index in [-0.39, 0.29) is 18.4 Å².